The van der Waals surface area contributed by atoms with Gasteiger partial charge in [-0.15, -0.1) is 5.73 Å². The summed E-state index contributed by atoms with van der Waals surface area (Å²) in [6.07, 6.45) is 6.97. The van der Waals surface area contributed by atoms with Crippen LogP contribution in [-0.4, -0.2) is 16.8 Å². The number of nitrogens with zero attached hydrogens (tertiary/aromatic N) is 1. The van der Waals surface area contributed by atoms with E-state index in [1.807, 2.05) is 13.0 Å². The van der Waals surface area contributed by atoms with Gasteiger partial charge in [0.15, 0.2) is 11.5 Å². The number of oxazole rings is 1. The number of amides is 2. The molecule has 3 aromatic rings. The number of aromatic nitrogens is 1. The number of benzene rings is 2. The Morgan fingerprint density at radius 1 is 1.11 bits per heavy atom. The first-order chi connectivity index (χ1) is 17.2. The quantitative estimate of drug-likeness (QED) is 0.452. The lowest BCUT2D eigenvalue weighted by Crippen LogP contribution is -2.23. The fraction of sp³-hybridized carbons (Fsp3) is 0.0714. The van der Waals surface area contributed by atoms with E-state index in [1.165, 1.54) is 6.07 Å². The van der Waals surface area contributed by atoms with Crippen LogP contribution >= 0.6 is 0 Å². The standard InChI is InChI=1S/C28H21F2N3O3/c1-16(2)18-5-3-6-20(14-13-18)27(35)32-15-17-9-11-19(12-10-17)25-24(26(31)34)33-28(36-25)23-21(29)7-4-8-22(23)30/h3-5,7-14H,1,15H2,2H3,(H2,31,34)(H,32,35). The third kappa shape index (κ3) is 5.14. The van der Waals surface area contributed by atoms with E-state index in [4.69, 9.17) is 10.2 Å². The van der Waals surface area contributed by atoms with Crippen molar-refractivity contribution < 1.29 is 22.8 Å². The second-order valence-corrected chi connectivity index (χ2v) is 8.00. The monoisotopic (exact) mass is 485 g/mol. The highest BCUT2D eigenvalue weighted by molar-refractivity contribution is 5.97. The summed E-state index contributed by atoms with van der Waals surface area (Å²) in [4.78, 5) is 28.4. The second kappa shape index (κ2) is 10.2. The summed E-state index contributed by atoms with van der Waals surface area (Å²) in [7, 11) is 0. The van der Waals surface area contributed by atoms with Gasteiger partial charge in [-0.1, -0.05) is 48.6 Å². The largest absolute Gasteiger partial charge is 0.435 e. The number of carbonyl (C=O) groups excluding carboxylic acids is 2. The Morgan fingerprint density at radius 2 is 1.81 bits per heavy atom. The molecule has 0 spiro atoms. The summed E-state index contributed by atoms with van der Waals surface area (Å²) >= 11 is 0. The predicted octanol–water partition coefficient (Wildman–Crippen LogP) is 5.16. The molecule has 180 valence electrons. The summed E-state index contributed by atoms with van der Waals surface area (Å²) in [5.74, 6) is -3.39. The van der Waals surface area contributed by atoms with Crippen molar-refractivity contribution in [1.82, 2.24) is 10.3 Å². The summed E-state index contributed by atoms with van der Waals surface area (Å²) in [6, 6.07) is 10.00. The molecule has 8 heteroatoms. The van der Waals surface area contributed by atoms with Crippen LogP contribution in [0.4, 0.5) is 8.78 Å². The third-order valence-electron chi connectivity index (χ3n) is 5.38. The van der Waals surface area contributed by atoms with E-state index in [0.717, 1.165) is 28.8 Å². The predicted molar refractivity (Wildman–Crippen MR) is 131 cm³/mol. The van der Waals surface area contributed by atoms with E-state index >= 15 is 0 Å². The Kier molecular flexibility index (Phi) is 6.90. The van der Waals surface area contributed by atoms with E-state index in [-0.39, 0.29) is 23.9 Å². The maximum Gasteiger partial charge on any atom is 0.271 e. The van der Waals surface area contributed by atoms with Crippen molar-refractivity contribution in [3.05, 3.63) is 119 Å². The summed E-state index contributed by atoms with van der Waals surface area (Å²) in [5, 5.41) is 2.82. The van der Waals surface area contributed by atoms with E-state index in [1.54, 1.807) is 42.5 Å². The zero-order valence-electron chi connectivity index (χ0n) is 19.3. The molecule has 36 heavy (non-hydrogen) atoms. The van der Waals surface area contributed by atoms with Crippen molar-refractivity contribution in [2.75, 3.05) is 0 Å². The normalized spacial score (nSPS) is 12.5. The van der Waals surface area contributed by atoms with Crippen molar-refractivity contribution >= 4 is 11.8 Å². The fourth-order valence-corrected chi connectivity index (χ4v) is 3.47. The molecular formula is C28H21F2N3O3. The molecule has 1 aliphatic rings. The minimum atomic E-state index is -0.907. The number of primary amides is 1. The average molecular weight is 485 g/mol. The van der Waals surface area contributed by atoms with Gasteiger partial charge in [0.1, 0.15) is 17.2 Å². The Morgan fingerprint density at radius 3 is 2.44 bits per heavy atom. The molecule has 1 heterocycles. The zero-order valence-corrected chi connectivity index (χ0v) is 19.3. The van der Waals surface area contributed by atoms with Crippen LogP contribution in [0.2, 0.25) is 0 Å². The average Bonchev–Trinajstić information content (AvgIpc) is 3.12. The van der Waals surface area contributed by atoms with Crippen LogP contribution in [0.5, 0.6) is 0 Å². The fourth-order valence-electron chi connectivity index (χ4n) is 3.47. The van der Waals surface area contributed by atoms with E-state index < -0.39 is 29.0 Å². The molecule has 2 amide bonds. The van der Waals surface area contributed by atoms with Crippen LogP contribution in [0, 0.1) is 11.6 Å². The lowest BCUT2D eigenvalue weighted by molar-refractivity contribution is -0.117. The third-order valence-corrected chi connectivity index (χ3v) is 5.38. The highest BCUT2D eigenvalue weighted by atomic mass is 19.1. The van der Waals surface area contributed by atoms with Gasteiger partial charge in [0.25, 0.3) is 11.8 Å². The van der Waals surface area contributed by atoms with Gasteiger partial charge in [-0.25, -0.2) is 13.8 Å². The van der Waals surface area contributed by atoms with E-state index in [2.05, 4.69) is 22.6 Å². The van der Waals surface area contributed by atoms with Crippen molar-refractivity contribution in [2.24, 2.45) is 5.73 Å². The molecule has 1 aliphatic carbocycles. The van der Waals surface area contributed by atoms with E-state index in [9.17, 15) is 18.4 Å². The zero-order chi connectivity index (χ0) is 25.8. The van der Waals surface area contributed by atoms with Gasteiger partial charge < -0.3 is 15.5 Å². The Bertz CT molecular complexity index is 1480. The van der Waals surface area contributed by atoms with Crippen LogP contribution in [0.3, 0.4) is 0 Å². The molecule has 6 nitrogen and oxygen atoms in total. The lowest BCUT2D eigenvalue weighted by atomic mass is 10.1. The van der Waals surface area contributed by atoms with Gasteiger partial charge in [-0.2, -0.15) is 0 Å². The number of hydrogen-bond donors (Lipinski definition) is 2. The maximum atomic E-state index is 14.2. The first-order valence-electron chi connectivity index (χ1n) is 10.9. The van der Waals surface area contributed by atoms with Crippen LogP contribution in [0.25, 0.3) is 22.8 Å². The Labute approximate surface area is 205 Å². The van der Waals surface area contributed by atoms with Gasteiger partial charge >= 0.3 is 0 Å². The molecule has 0 bridgehead atoms. The number of halogens is 2. The number of nitrogens with one attached hydrogen (secondary N) is 1. The number of hydrogen-bond acceptors (Lipinski definition) is 4. The summed E-state index contributed by atoms with van der Waals surface area (Å²) in [6.45, 7) is 5.99. The smallest absolute Gasteiger partial charge is 0.271 e. The molecule has 0 atom stereocenters. The Balaban J connectivity index is 1.51. The van der Waals surface area contributed by atoms with E-state index in [0.29, 0.717) is 11.1 Å². The molecule has 0 fully saturated rings. The van der Waals surface area contributed by atoms with Crippen LogP contribution in [-0.2, 0) is 11.3 Å². The van der Waals surface area contributed by atoms with Gasteiger partial charge in [-0.05, 0) is 48.4 Å². The van der Waals surface area contributed by atoms with Crippen LogP contribution in [0.15, 0.2) is 100 Å². The van der Waals surface area contributed by atoms with Crippen LogP contribution < -0.4 is 11.1 Å². The van der Waals surface area contributed by atoms with Crippen molar-refractivity contribution in [3.8, 4) is 22.8 Å². The molecule has 0 unspecified atom stereocenters. The Hall–Kier alpha value is -4.81. The number of rotatable bonds is 7. The van der Waals surface area contributed by atoms with Crippen molar-refractivity contribution in [1.29, 1.82) is 0 Å². The number of carbonyl (C=O) groups is 2. The van der Waals surface area contributed by atoms with Gasteiger partial charge in [0.05, 0.1) is 5.57 Å². The molecule has 0 radical (unpaired) electrons. The second-order valence-electron chi connectivity index (χ2n) is 8.00. The topological polar surface area (TPSA) is 98.2 Å². The highest BCUT2D eigenvalue weighted by Crippen LogP contribution is 2.32. The SMILES string of the molecule is C=C(C)C1=CC=C=C(C(=O)NCc2ccc(-c3oc(-c4c(F)cccc4F)nc3C(N)=O)cc2)C=C1. The molecule has 0 saturated carbocycles. The minimum absolute atomic E-state index is 0.0181. The molecule has 3 N–H and O–H groups in total. The molecule has 1 aromatic heterocycles. The molecular weight excluding hydrogens is 464 g/mol. The summed E-state index contributed by atoms with van der Waals surface area (Å²) in [5.41, 5.74) is 10.9. The molecule has 0 aliphatic heterocycles. The number of allylic oxidation sites excluding steroid dienone is 4. The molecule has 2 aromatic carbocycles. The first kappa shape index (κ1) is 24.3. The van der Waals surface area contributed by atoms with Crippen molar-refractivity contribution in [2.45, 2.75) is 13.5 Å². The molecule has 4 rings (SSSR count). The maximum absolute atomic E-state index is 14.2. The van der Waals surface area contributed by atoms with Crippen LogP contribution in [0.1, 0.15) is 23.0 Å². The van der Waals surface area contributed by atoms with Gasteiger partial charge in [0, 0.05) is 12.1 Å². The highest BCUT2D eigenvalue weighted by Gasteiger charge is 2.24. The van der Waals surface area contributed by atoms with Crippen molar-refractivity contribution in [3.63, 3.8) is 0 Å². The van der Waals surface area contributed by atoms with Gasteiger partial charge in [-0.3, -0.25) is 9.59 Å². The lowest BCUT2D eigenvalue weighted by Gasteiger charge is -2.06. The molecule has 0 saturated heterocycles. The summed E-state index contributed by atoms with van der Waals surface area (Å²) < 4.78 is 33.9. The minimum Gasteiger partial charge on any atom is -0.435 e. The van der Waals surface area contributed by atoms with Gasteiger partial charge in [0.2, 0.25) is 5.89 Å². The number of nitrogens with two attached hydrogens (primary N) is 1. The first-order valence-corrected chi connectivity index (χ1v) is 10.9.